The van der Waals surface area contributed by atoms with Crippen LogP contribution in [0.25, 0.3) is 10.2 Å². The van der Waals surface area contributed by atoms with Gasteiger partial charge in [-0.15, -0.1) is 0 Å². The molecular weight excluding hydrogens is 364 g/mol. The SMILES string of the molecule is N#Cc1ccc(NC(=O)Nc2nc3ccc(Br)cc3s2)cc1. The van der Waals surface area contributed by atoms with Gasteiger partial charge in [-0.3, -0.25) is 5.32 Å². The molecule has 0 atom stereocenters. The molecule has 2 N–H and O–H groups in total. The molecule has 108 valence electrons. The van der Waals surface area contributed by atoms with Crippen LogP contribution in [0.3, 0.4) is 0 Å². The summed E-state index contributed by atoms with van der Waals surface area (Å²) in [7, 11) is 0. The number of hydrogen-bond donors (Lipinski definition) is 2. The van der Waals surface area contributed by atoms with Crippen molar-refractivity contribution in [2.24, 2.45) is 0 Å². The van der Waals surface area contributed by atoms with E-state index < -0.39 is 0 Å². The topological polar surface area (TPSA) is 77.8 Å². The number of urea groups is 1. The number of rotatable bonds is 2. The Bertz CT molecular complexity index is 883. The van der Waals surface area contributed by atoms with E-state index in [2.05, 4.69) is 31.5 Å². The Morgan fingerprint density at radius 3 is 2.68 bits per heavy atom. The first-order valence-electron chi connectivity index (χ1n) is 6.28. The number of nitrogens with zero attached hydrogens (tertiary/aromatic N) is 2. The van der Waals surface area contributed by atoms with Crippen LogP contribution in [0, 0.1) is 11.3 Å². The molecule has 0 bridgehead atoms. The summed E-state index contributed by atoms with van der Waals surface area (Å²) in [6.45, 7) is 0. The number of anilines is 2. The average Bonchev–Trinajstić information content (AvgIpc) is 2.89. The molecule has 0 spiro atoms. The van der Waals surface area contributed by atoms with Crippen LogP contribution in [0.5, 0.6) is 0 Å². The predicted octanol–water partition coefficient (Wildman–Crippen LogP) is 4.57. The molecular formula is C15H9BrN4OS. The summed E-state index contributed by atoms with van der Waals surface area (Å²) in [5, 5.41) is 14.7. The molecule has 0 unspecified atom stereocenters. The van der Waals surface area contributed by atoms with Crippen LogP contribution in [0.15, 0.2) is 46.9 Å². The van der Waals surface area contributed by atoms with Gasteiger partial charge < -0.3 is 5.32 Å². The zero-order valence-electron chi connectivity index (χ0n) is 11.1. The van der Waals surface area contributed by atoms with Crippen molar-refractivity contribution in [2.75, 3.05) is 10.6 Å². The van der Waals surface area contributed by atoms with Crippen molar-refractivity contribution in [1.29, 1.82) is 5.26 Å². The van der Waals surface area contributed by atoms with Crippen molar-refractivity contribution in [3.8, 4) is 6.07 Å². The number of thiazole rings is 1. The Balaban J connectivity index is 1.71. The standard InChI is InChI=1S/C15H9BrN4OS/c16-10-3-6-12-13(7-10)22-15(19-12)20-14(21)18-11-4-1-9(8-17)2-5-11/h1-7H,(H2,18,19,20,21). The highest BCUT2D eigenvalue weighted by atomic mass is 79.9. The molecule has 0 saturated heterocycles. The lowest BCUT2D eigenvalue weighted by atomic mass is 10.2. The maximum absolute atomic E-state index is 12.0. The van der Waals surface area contributed by atoms with E-state index in [0.717, 1.165) is 14.7 Å². The first-order valence-corrected chi connectivity index (χ1v) is 7.89. The van der Waals surface area contributed by atoms with Gasteiger partial charge in [-0.2, -0.15) is 5.26 Å². The Kier molecular flexibility index (Phi) is 4.04. The van der Waals surface area contributed by atoms with Crippen LogP contribution in [0.1, 0.15) is 5.56 Å². The largest absolute Gasteiger partial charge is 0.325 e. The molecule has 22 heavy (non-hydrogen) atoms. The van der Waals surface area contributed by atoms with E-state index in [1.165, 1.54) is 11.3 Å². The Labute approximate surface area is 138 Å². The molecule has 0 aliphatic heterocycles. The number of aromatic nitrogens is 1. The third-order valence-corrected chi connectivity index (χ3v) is 4.27. The maximum atomic E-state index is 12.0. The summed E-state index contributed by atoms with van der Waals surface area (Å²) >= 11 is 4.81. The van der Waals surface area contributed by atoms with Gasteiger partial charge in [-0.1, -0.05) is 27.3 Å². The molecule has 5 nitrogen and oxygen atoms in total. The third-order valence-electron chi connectivity index (χ3n) is 2.84. The van der Waals surface area contributed by atoms with Crippen LogP contribution in [0.2, 0.25) is 0 Å². The fourth-order valence-corrected chi connectivity index (χ4v) is 3.25. The minimum Gasteiger partial charge on any atom is -0.308 e. The van der Waals surface area contributed by atoms with Gasteiger partial charge >= 0.3 is 6.03 Å². The quantitative estimate of drug-likeness (QED) is 0.691. The molecule has 3 aromatic rings. The number of halogens is 1. The first-order chi connectivity index (χ1) is 10.6. The van der Waals surface area contributed by atoms with Crippen LogP contribution in [-0.2, 0) is 0 Å². The van der Waals surface area contributed by atoms with E-state index >= 15 is 0 Å². The monoisotopic (exact) mass is 372 g/mol. The first kappa shape index (κ1) is 14.5. The van der Waals surface area contributed by atoms with Gasteiger partial charge in [0, 0.05) is 10.2 Å². The van der Waals surface area contributed by atoms with Crippen LogP contribution < -0.4 is 10.6 Å². The van der Waals surface area contributed by atoms with Crippen molar-refractivity contribution in [1.82, 2.24) is 4.98 Å². The van der Waals surface area contributed by atoms with Gasteiger partial charge in [0.2, 0.25) is 0 Å². The van der Waals surface area contributed by atoms with Crippen LogP contribution in [0.4, 0.5) is 15.6 Å². The molecule has 1 heterocycles. The maximum Gasteiger partial charge on any atom is 0.325 e. The highest BCUT2D eigenvalue weighted by molar-refractivity contribution is 9.10. The highest BCUT2D eigenvalue weighted by Gasteiger charge is 2.08. The van der Waals surface area contributed by atoms with Gasteiger partial charge in [0.1, 0.15) is 0 Å². The highest BCUT2D eigenvalue weighted by Crippen LogP contribution is 2.28. The summed E-state index contributed by atoms with van der Waals surface area (Å²) in [6.07, 6.45) is 0. The minimum atomic E-state index is -0.372. The molecule has 1 aromatic heterocycles. The minimum absolute atomic E-state index is 0.372. The van der Waals surface area contributed by atoms with E-state index in [1.54, 1.807) is 24.3 Å². The lowest BCUT2D eigenvalue weighted by Gasteiger charge is -2.04. The smallest absolute Gasteiger partial charge is 0.308 e. The van der Waals surface area contributed by atoms with Crippen molar-refractivity contribution in [3.63, 3.8) is 0 Å². The number of carbonyl (C=O) groups is 1. The van der Waals surface area contributed by atoms with Crippen LogP contribution in [-0.4, -0.2) is 11.0 Å². The van der Waals surface area contributed by atoms with Crippen molar-refractivity contribution in [3.05, 3.63) is 52.5 Å². The molecule has 0 fully saturated rings. The fourth-order valence-electron chi connectivity index (χ4n) is 1.84. The zero-order chi connectivity index (χ0) is 15.5. The van der Waals surface area contributed by atoms with Gasteiger partial charge in [-0.05, 0) is 42.5 Å². The van der Waals surface area contributed by atoms with Gasteiger partial charge in [0.15, 0.2) is 5.13 Å². The number of fused-ring (bicyclic) bond motifs is 1. The number of nitriles is 1. The van der Waals surface area contributed by atoms with Crippen molar-refractivity contribution in [2.45, 2.75) is 0 Å². The average molecular weight is 373 g/mol. The van der Waals surface area contributed by atoms with Crippen molar-refractivity contribution >= 4 is 54.3 Å². The van der Waals surface area contributed by atoms with E-state index in [4.69, 9.17) is 5.26 Å². The summed E-state index contributed by atoms with van der Waals surface area (Å²) in [5.74, 6) is 0. The second-order valence-corrected chi connectivity index (χ2v) is 6.35. The molecule has 0 saturated carbocycles. The predicted molar refractivity (Wildman–Crippen MR) is 91.1 cm³/mol. The van der Waals surface area contributed by atoms with Crippen LogP contribution >= 0.6 is 27.3 Å². The fraction of sp³-hybridized carbons (Fsp3) is 0. The molecule has 0 aliphatic carbocycles. The number of nitrogens with one attached hydrogen (secondary N) is 2. The third kappa shape index (κ3) is 3.24. The molecule has 2 aromatic carbocycles. The van der Waals surface area contributed by atoms with Crippen molar-refractivity contribution < 1.29 is 4.79 Å². The number of amides is 2. The molecule has 3 rings (SSSR count). The number of benzene rings is 2. The van der Waals surface area contributed by atoms with E-state index in [1.807, 2.05) is 24.3 Å². The summed E-state index contributed by atoms with van der Waals surface area (Å²) < 4.78 is 1.96. The molecule has 0 radical (unpaired) electrons. The Morgan fingerprint density at radius 2 is 1.95 bits per heavy atom. The van der Waals surface area contributed by atoms with Gasteiger partial charge in [-0.25, -0.2) is 9.78 Å². The second-order valence-electron chi connectivity index (χ2n) is 4.40. The number of hydrogen-bond acceptors (Lipinski definition) is 4. The molecule has 2 amide bonds. The van der Waals surface area contributed by atoms with Gasteiger partial charge in [0.05, 0.1) is 21.8 Å². The zero-order valence-corrected chi connectivity index (χ0v) is 13.5. The summed E-state index contributed by atoms with van der Waals surface area (Å²) in [4.78, 5) is 16.3. The second kappa shape index (κ2) is 6.13. The Hall–Kier alpha value is -2.43. The number of carbonyl (C=O) groups excluding carboxylic acids is 1. The normalized spacial score (nSPS) is 10.2. The lowest BCUT2D eigenvalue weighted by Crippen LogP contribution is -2.19. The van der Waals surface area contributed by atoms with E-state index in [-0.39, 0.29) is 6.03 Å². The summed E-state index contributed by atoms with van der Waals surface area (Å²) in [6, 6.07) is 14.0. The lowest BCUT2D eigenvalue weighted by molar-refractivity contribution is 0.262. The Morgan fingerprint density at radius 1 is 1.18 bits per heavy atom. The van der Waals surface area contributed by atoms with E-state index in [0.29, 0.717) is 16.4 Å². The molecule has 0 aliphatic rings. The van der Waals surface area contributed by atoms with E-state index in [9.17, 15) is 4.79 Å². The van der Waals surface area contributed by atoms with Gasteiger partial charge in [0.25, 0.3) is 0 Å². The molecule has 7 heteroatoms. The summed E-state index contributed by atoms with van der Waals surface area (Å²) in [5.41, 5.74) is 1.99.